The Morgan fingerprint density at radius 1 is 1.21 bits per heavy atom. The largest absolute Gasteiger partial charge is 0.348 e. The van der Waals surface area contributed by atoms with E-state index in [2.05, 4.69) is 5.32 Å². The second kappa shape index (κ2) is 9.04. The van der Waals surface area contributed by atoms with E-state index < -0.39 is 26.9 Å². The van der Waals surface area contributed by atoms with Gasteiger partial charge in [0.05, 0.1) is 22.9 Å². The second-order valence-electron chi connectivity index (χ2n) is 6.85. The zero-order valence-electron chi connectivity index (χ0n) is 16.8. The van der Waals surface area contributed by atoms with Crippen LogP contribution in [0, 0.1) is 17.0 Å². The van der Waals surface area contributed by atoms with Crippen molar-refractivity contribution in [3.05, 3.63) is 69.8 Å². The van der Waals surface area contributed by atoms with Crippen molar-refractivity contribution < 1.29 is 18.1 Å². The van der Waals surface area contributed by atoms with Crippen LogP contribution in [0.1, 0.15) is 37.4 Å². The molecule has 2 aromatic carbocycles. The van der Waals surface area contributed by atoms with E-state index in [9.17, 15) is 23.3 Å². The van der Waals surface area contributed by atoms with Gasteiger partial charge in [0.1, 0.15) is 6.04 Å². The van der Waals surface area contributed by atoms with E-state index in [0.29, 0.717) is 5.56 Å². The minimum atomic E-state index is -3.89. The predicted octanol–water partition coefficient (Wildman–Crippen LogP) is 3.33. The van der Waals surface area contributed by atoms with Crippen molar-refractivity contribution in [3.63, 3.8) is 0 Å². The predicted molar refractivity (Wildman–Crippen MR) is 112 cm³/mol. The lowest BCUT2D eigenvalue weighted by molar-refractivity contribution is -0.384. The zero-order chi connectivity index (χ0) is 21.8. The van der Waals surface area contributed by atoms with Crippen LogP contribution in [0.15, 0.2) is 48.5 Å². The quantitative estimate of drug-likeness (QED) is 0.521. The van der Waals surface area contributed by atoms with Gasteiger partial charge in [-0.25, -0.2) is 8.42 Å². The third-order valence-electron chi connectivity index (χ3n) is 4.63. The molecule has 0 aromatic heterocycles. The molecule has 0 radical (unpaired) electrons. The average Bonchev–Trinajstić information content (AvgIpc) is 2.66. The van der Waals surface area contributed by atoms with E-state index in [0.717, 1.165) is 16.1 Å². The Kier molecular flexibility index (Phi) is 6.97. The van der Waals surface area contributed by atoms with E-state index in [4.69, 9.17) is 0 Å². The van der Waals surface area contributed by atoms with Gasteiger partial charge in [0.15, 0.2) is 0 Å². The summed E-state index contributed by atoms with van der Waals surface area (Å²) in [5.41, 5.74) is 1.28. The molecule has 0 bridgehead atoms. The Morgan fingerprint density at radius 2 is 1.83 bits per heavy atom. The van der Waals surface area contributed by atoms with Crippen LogP contribution in [0.25, 0.3) is 0 Å². The first-order chi connectivity index (χ1) is 13.6. The molecule has 2 atom stereocenters. The van der Waals surface area contributed by atoms with Crippen molar-refractivity contribution in [1.82, 2.24) is 5.32 Å². The number of nitro groups is 1. The van der Waals surface area contributed by atoms with Crippen molar-refractivity contribution in [2.45, 2.75) is 39.3 Å². The van der Waals surface area contributed by atoms with E-state index in [1.807, 2.05) is 37.3 Å². The van der Waals surface area contributed by atoms with Gasteiger partial charge in [-0.1, -0.05) is 43.3 Å². The fourth-order valence-electron chi connectivity index (χ4n) is 3.12. The molecule has 8 nitrogen and oxygen atoms in total. The Morgan fingerprint density at radius 3 is 2.34 bits per heavy atom. The number of nitrogens with zero attached hydrogens (tertiary/aromatic N) is 2. The summed E-state index contributed by atoms with van der Waals surface area (Å²) < 4.78 is 26.2. The van der Waals surface area contributed by atoms with Gasteiger partial charge in [0.2, 0.25) is 15.9 Å². The van der Waals surface area contributed by atoms with Gasteiger partial charge in [0.25, 0.3) is 5.69 Å². The van der Waals surface area contributed by atoms with Crippen LogP contribution < -0.4 is 9.62 Å². The van der Waals surface area contributed by atoms with Crippen LogP contribution in [0.2, 0.25) is 0 Å². The lowest BCUT2D eigenvalue weighted by atomic mass is 10.1. The average molecular weight is 420 g/mol. The van der Waals surface area contributed by atoms with Crippen LogP contribution in [-0.2, 0) is 14.8 Å². The highest BCUT2D eigenvalue weighted by molar-refractivity contribution is 7.92. The fourth-order valence-corrected chi connectivity index (χ4v) is 4.38. The number of hydrogen-bond donors (Lipinski definition) is 1. The number of rotatable bonds is 8. The number of nitro benzene ring substituents is 1. The summed E-state index contributed by atoms with van der Waals surface area (Å²) in [6.45, 7) is 5.15. The van der Waals surface area contributed by atoms with Crippen LogP contribution >= 0.6 is 0 Å². The molecule has 0 aliphatic carbocycles. The topological polar surface area (TPSA) is 110 Å². The number of amides is 1. The van der Waals surface area contributed by atoms with Crippen LogP contribution in [0.4, 0.5) is 11.4 Å². The first kappa shape index (κ1) is 22.4. The number of aryl methyl sites for hydroxylation is 1. The maximum absolute atomic E-state index is 13.0. The van der Waals surface area contributed by atoms with Gasteiger partial charge in [-0.2, -0.15) is 0 Å². The number of anilines is 1. The number of nitrogens with one attached hydrogen (secondary N) is 1. The summed E-state index contributed by atoms with van der Waals surface area (Å²) in [6, 6.07) is 11.9. The van der Waals surface area contributed by atoms with Gasteiger partial charge < -0.3 is 5.32 Å². The van der Waals surface area contributed by atoms with E-state index in [-0.39, 0.29) is 23.8 Å². The summed E-state index contributed by atoms with van der Waals surface area (Å²) in [5, 5.41) is 14.0. The molecular weight excluding hydrogens is 394 g/mol. The molecule has 0 aliphatic heterocycles. The highest BCUT2D eigenvalue weighted by Crippen LogP contribution is 2.30. The molecule has 0 saturated carbocycles. The van der Waals surface area contributed by atoms with E-state index in [1.165, 1.54) is 18.2 Å². The maximum atomic E-state index is 13.0. The normalized spacial score (nSPS) is 13.4. The van der Waals surface area contributed by atoms with Crippen LogP contribution in [0.5, 0.6) is 0 Å². The SMILES string of the molecule is CCC(C(=O)N[C@@H](C)c1ccccc1)N(c1cc([N+](=O)[O-])ccc1C)S(C)(=O)=O. The summed E-state index contributed by atoms with van der Waals surface area (Å²) in [5.74, 6) is -0.472. The molecule has 1 amide bonds. The molecule has 1 N–H and O–H groups in total. The number of hydrogen-bond acceptors (Lipinski definition) is 5. The number of carbonyl (C=O) groups excluding carboxylic acids is 1. The summed E-state index contributed by atoms with van der Waals surface area (Å²) in [6.07, 6.45) is 1.18. The second-order valence-corrected chi connectivity index (χ2v) is 8.71. The van der Waals surface area contributed by atoms with Gasteiger partial charge >= 0.3 is 0 Å². The number of benzene rings is 2. The Balaban J connectivity index is 2.44. The van der Waals surface area contributed by atoms with Crippen LogP contribution in [-0.4, -0.2) is 31.5 Å². The third kappa shape index (κ3) is 5.32. The Labute approximate surface area is 170 Å². The number of non-ortho nitro benzene ring substituents is 1. The molecule has 156 valence electrons. The molecule has 29 heavy (non-hydrogen) atoms. The minimum Gasteiger partial charge on any atom is -0.348 e. The standard InChI is InChI=1S/C20H25N3O5S/c1-5-18(20(24)21-15(3)16-9-7-6-8-10-16)22(29(4,27)28)19-13-17(23(25)26)12-11-14(19)2/h6-13,15,18H,5H2,1-4H3,(H,21,24)/t15-,18?/m0/s1. The van der Waals surface area contributed by atoms with Crippen molar-refractivity contribution in [3.8, 4) is 0 Å². The Hall–Kier alpha value is -2.94. The smallest absolute Gasteiger partial charge is 0.271 e. The summed E-state index contributed by atoms with van der Waals surface area (Å²) >= 11 is 0. The zero-order valence-corrected chi connectivity index (χ0v) is 17.6. The Bertz CT molecular complexity index is 992. The lowest BCUT2D eigenvalue weighted by Crippen LogP contribution is -2.50. The fraction of sp³-hybridized carbons (Fsp3) is 0.350. The number of sulfonamides is 1. The molecule has 0 aliphatic rings. The molecule has 0 saturated heterocycles. The highest BCUT2D eigenvalue weighted by Gasteiger charge is 2.33. The van der Waals surface area contributed by atoms with Crippen LogP contribution in [0.3, 0.4) is 0 Å². The summed E-state index contributed by atoms with van der Waals surface area (Å²) in [7, 11) is -3.89. The number of carbonyl (C=O) groups is 1. The third-order valence-corrected chi connectivity index (χ3v) is 5.79. The first-order valence-electron chi connectivity index (χ1n) is 9.16. The molecular formula is C20H25N3O5S. The monoisotopic (exact) mass is 419 g/mol. The van der Waals surface area contributed by atoms with Gasteiger partial charge in [-0.05, 0) is 31.4 Å². The molecule has 0 fully saturated rings. The van der Waals surface area contributed by atoms with Gasteiger partial charge in [-0.15, -0.1) is 0 Å². The van der Waals surface area contributed by atoms with Crippen molar-refractivity contribution in [2.75, 3.05) is 10.6 Å². The lowest BCUT2D eigenvalue weighted by Gasteiger charge is -2.32. The van der Waals surface area contributed by atoms with Gasteiger partial charge in [-0.3, -0.25) is 19.2 Å². The summed E-state index contributed by atoms with van der Waals surface area (Å²) in [4.78, 5) is 23.6. The molecule has 1 unspecified atom stereocenters. The van der Waals surface area contributed by atoms with Crippen molar-refractivity contribution in [2.24, 2.45) is 0 Å². The molecule has 2 aromatic rings. The van der Waals surface area contributed by atoms with Crippen molar-refractivity contribution in [1.29, 1.82) is 0 Å². The first-order valence-corrected chi connectivity index (χ1v) is 11.0. The van der Waals surface area contributed by atoms with Crippen molar-refractivity contribution >= 4 is 27.3 Å². The molecule has 0 heterocycles. The van der Waals surface area contributed by atoms with Gasteiger partial charge in [0, 0.05) is 12.1 Å². The molecule has 9 heteroatoms. The maximum Gasteiger partial charge on any atom is 0.271 e. The molecule has 0 spiro atoms. The molecule has 2 rings (SSSR count). The highest BCUT2D eigenvalue weighted by atomic mass is 32.2. The van der Waals surface area contributed by atoms with E-state index >= 15 is 0 Å². The minimum absolute atomic E-state index is 0.121. The van der Waals surface area contributed by atoms with E-state index in [1.54, 1.807) is 13.8 Å².